The summed E-state index contributed by atoms with van der Waals surface area (Å²) in [7, 11) is 0. The van der Waals surface area contributed by atoms with Crippen molar-refractivity contribution in [3.63, 3.8) is 0 Å². The lowest BCUT2D eigenvalue weighted by molar-refractivity contribution is -0.137. The smallest absolute Gasteiger partial charge is 0.463 e. The molecule has 25 heavy (non-hydrogen) atoms. The summed E-state index contributed by atoms with van der Waals surface area (Å²) >= 11 is 0. The van der Waals surface area contributed by atoms with Gasteiger partial charge in [0.2, 0.25) is 0 Å². The molecule has 2 aromatic rings. The maximum atomic E-state index is 11.7. The molecule has 0 amide bonds. The van der Waals surface area contributed by atoms with Crippen LogP contribution in [0.15, 0.2) is 49.1 Å². The molecule has 0 radical (unpaired) electrons. The Morgan fingerprint density at radius 3 is 2.44 bits per heavy atom. The van der Waals surface area contributed by atoms with Crippen LogP contribution in [0, 0.1) is 6.57 Å². The first kappa shape index (κ1) is 18.0. The van der Waals surface area contributed by atoms with Crippen LogP contribution in [-0.2, 0) is 14.3 Å². The Morgan fingerprint density at radius 2 is 1.72 bits per heavy atom. The molecule has 0 aliphatic carbocycles. The number of fused-ring (bicyclic) bond motifs is 1. The fourth-order valence-electron chi connectivity index (χ4n) is 2.06. The summed E-state index contributed by atoms with van der Waals surface area (Å²) in [5.41, 5.74) is 0.555. The number of ether oxygens (including phenoxy) is 3. The third kappa shape index (κ3) is 5.66. The van der Waals surface area contributed by atoms with Gasteiger partial charge in [-0.05, 0) is 41.8 Å². The highest BCUT2D eigenvalue weighted by molar-refractivity contribution is 5.87. The second-order valence-corrected chi connectivity index (χ2v) is 5.08. The van der Waals surface area contributed by atoms with Crippen molar-refractivity contribution in [3.05, 3.63) is 60.5 Å². The molecule has 6 heteroatoms. The average Bonchev–Trinajstić information content (AvgIpc) is 2.63. The summed E-state index contributed by atoms with van der Waals surface area (Å²) in [4.78, 5) is 25.9. The number of unbranched alkanes of at least 4 members (excludes halogenated alkanes) is 1. The molecule has 2 aromatic carbocycles. The highest BCUT2D eigenvalue weighted by Crippen LogP contribution is 2.25. The third-order valence-electron chi connectivity index (χ3n) is 3.30. The maximum absolute atomic E-state index is 11.7. The lowest BCUT2D eigenvalue weighted by Crippen LogP contribution is -2.12. The van der Waals surface area contributed by atoms with E-state index < -0.39 is 12.1 Å². The van der Waals surface area contributed by atoms with E-state index in [-0.39, 0.29) is 13.2 Å². The van der Waals surface area contributed by atoms with Crippen molar-refractivity contribution in [2.75, 3.05) is 13.2 Å². The van der Waals surface area contributed by atoms with Crippen molar-refractivity contribution in [1.82, 2.24) is 0 Å². The summed E-state index contributed by atoms with van der Waals surface area (Å²) < 4.78 is 14.9. The van der Waals surface area contributed by atoms with E-state index in [2.05, 4.69) is 11.4 Å². The van der Waals surface area contributed by atoms with Gasteiger partial charge in [0, 0.05) is 6.08 Å². The van der Waals surface area contributed by atoms with Crippen LogP contribution in [0.3, 0.4) is 0 Å². The number of carbonyl (C=O) groups excluding carboxylic acids is 2. The molecule has 0 N–H and O–H groups in total. The number of hydrogen-bond donors (Lipinski definition) is 0. The molecule has 0 unspecified atom stereocenters. The van der Waals surface area contributed by atoms with Gasteiger partial charge in [-0.3, -0.25) is 0 Å². The van der Waals surface area contributed by atoms with Gasteiger partial charge in [0.1, 0.15) is 5.75 Å². The molecule has 0 atom stereocenters. The van der Waals surface area contributed by atoms with Gasteiger partial charge in [0.25, 0.3) is 0 Å². The first-order valence-corrected chi connectivity index (χ1v) is 7.67. The van der Waals surface area contributed by atoms with Crippen LogP contribution in [0.4, 0.5) is 10.5 Å². The SMILES string of the molecule is [C-]#[N+]c1ccc2cc(OC(=O)OCCCCOC(=O)C=C)ccc2c1. The zero-order valence-electron chi connectivity index (χ0n) is 13.6. The molecule has 0 aliphatic rings. The Labute approximate surface area is 145 Å². The minimum atomic E-state index is -0.791. The molecule has 0 aliphatic heterocycles. The summed E-state index contributed by atoms with van der Waals surface area (Å²) in [6.45, 7) is 10.7. The van der Waals surface area contributed by atoms with Crippen LogP contribution in [0.2, 0.25) is 0 Å². The van der Waals surface area contributed by atoms with Crippen LogP contribution in [0.25, 0.3) is 15.6 Å². The molecule has 6 nitrogen and oxygen atoms in total. The van der Waals surface area contributed by atoms with Crippen molar-refractivity contribution in [2.45, 2.75) is 12.8 Å². The van der Waals surface area contributed by atoms with Crippen molar-refractivity contribution in [2.24, 2.45) is 0 Å². The lowest BCUT2D eigenvalue weighted by atomic mass is 10.1. The molecule has 128 valence electrons. The average molecular weight is 339 g/mol. The summed E-state index contributed by atoms with van der Waals surface area (Å²) in [6, 6.07) is 10.4. The van der Waals surface area contributed by atoms with E-state index in [1.54, 1.807) is 36.4 Å². The van der Waals surface area contributed by atoms with E-state index in [0.717, 1.165) is 16.8 Å². The summed E-state index contributed by atoms with van der Waals surface area (Å²) in [5, 5.41) is 1.75. The Hall–Kier alpha value is -3.33. The molecular formula is C19H17NO5. The standard InChI is InChI=1S/C19H17NO5/c1-3-18(21)23-10-4-5-11-24-19(22)25-17-9-7-14-12-16(20-2)8-6-15(14)13-17/h3,6-9,12-13H,1,4-5,10-11H2. The Balaban J connectivity index is 1.77. The molecule has 0 aromatic heterocycles. The second kappa shape index (κ2) is 9.08. The minimum Gasteiger partial charge on any atom is -0.463 e. The Morgan fingerprint density at radius 1 is 1.04 bits per heavy atom. The predicted octanol–water partition coefficient (Wildman–Crippen LogP) is 4.42. The van der Waals surface area contributed by atoms with Gasteiger partial charge in [0.05, 0.1) is 19.8 Å². The van der Waals surface area contributed by atoms with E-state index in [0.29, 0.717) is 24.3 Å². The van der Waals surface area contributed by atoms with E-state index in [1.165, 1.54) is 0 Å². The van der Waals surface area contributed by atoms with Crippen LogP contribution in [0.1, 0.15) is 12.8 Å². The quantitative estimate of drug-likeness (QED) is 0.246. The topological polar surface area (TPSA) is 66.2 Å². The highest BCUT2D eigenvalue weighted by atomic mass is 16.7. The molecule has 0 bridgehead atoms. The number of benzene rings is 2. The van der Waals surface area contributed by atoms with Crippen LogP contribution in [0.5, 0.6) is 5.75 Å². The Kier molecular flexibility index (Phi) is 6.55. The number of nitrogens with zero attached hydrogens (tertiary/aromatic N) is 1. The highest BCUT2D eigenvalue weighted by Gasteiger charge is 2.07. The molecule has 0 fully saturated rings. The third-order valence-corrected chi connectivity index (χ3v) is 3.30. The predicted molar refractivity (Wildman–Crippen MR) is 92.6 cm³/mol. The summed E-state index contributed by atoms with van der Waals surface area (Å²) in [5.74, 6) is -0.104. The minimum absolute atomic E-state index is 0.173. The van der Waals surface area contributed by atoms with Crippen molar-refractivity contribution in [3.8, 4) is 5.75 Å². The molecular weight excluding hydrogens is 322 g/mol. The normalized spacial score (nSPS) is 9.88. The fraction of sp³-hybridized carbons (Fsp3) is 0.211. The second-order valence-electron chi connectivity index (χ2n) is 5.08. The molecule has 2 rings (SSSR count). The number of esters is 1. The van der Waals surface area contributed by atoms with Crippen molar-refractivity contribution in [1.29, 1.82) is 0 Å². The molecule has 0 heterocycles. The number of carbonyl (C=O) groups is 2. The molecule has 0 spiro atoms. The van der Waals surface area contributed by atoms with Gasteiger partial charge in [0.15, 0.2) is 5.69 Å². The Bertz CT molecular complexity index is 822. The van der Waals surface area contributed by atoms with Gasteiger partial charge >= 0.3 is 12.1 Å². The van der Waals surface area contributed by atoms with E-state index in [1.807, 2.05) is 0 Å². The van der Waals surface area contributed by atoms with E-state index in [4.69, 9.17) is 20.8 Å². The van der Waals surface area contributed by atoms with Crippen molar-refractivity contribution >= 4 is 28.6 Å². The summed E-state index contributed by atoms with van der Waals surface area (Å²) in [6.07, 6.45) is 1.43. The molecule has 0 saturated carbocycles. The van der Waals surface area contributed by atoms with Gasteiger partial charge in [-0.2, -0.15) is 0 Å². The zero-order valence-corrected chi connectivity index (χ0v) is 13.6. The van der Waals surface area contributed by atoms with Crippen LogP contribution >= 0.6 is 0 Å². The zero-order chi connectivity index (χ0) is 18.1. The first-order chi connectivity index (χ1) is 12.1. The van der Waals surface area contributed by atoms with Gasteiger partial charge in [-0.1, -0.05) is 24.8 Å². The van der Waals surface area contributed by atoms with Crippen LogP contribution < -0.4 is 4.74 Å². The van der Waals surface area contributed by atoms with Crippen LogP contribution in [-0.4, -0.2) is 25.3 Å². The van der Waals surface area contributed by atoms with E-state index >= 15 is 0 Å². The maximum Gasteiger partial charge on any atom is 0.513 e. The monoisotopic (exact) mass is 339 g/mol. The van der Waals surface area contributed by atoms with E-state index in [9.17, 15) is 9.59 Å². The van der Waals surface area contributed by atoms with Gasteiger partial charge in [-0.15, -0.1) is 0 Å². The number of hydrogen-bond acceptors (Lipinski definition) is 5. The lowest BCUT2D eigenvalue weighted by Gasteiger charge is -2.07. The molecule has 0 saturated heterocycles. The van der Waals surface area contributed by atoms with Gasteiger partial charge < -0.3 is 14.2 Å². The van der Waals surface area contributed by atoms with Crippen molar-refractivity contribution < 1.29 is 23.8 Å². The van der Waals surface area contributed by atoms with Gasteiger partial charge in [-0.25, -0.2) is 14.4 Å². The fourth-order valence-corrected chi connectivity index (χ4v) is 2.06. The number of rotatable bonds is 7. The first-order valence-electron chi connectivity index (χ1n) is 7.67. The largest absolute Gasteiger partial charge is 0.513 e.